The second-order valence-electron chi connectivity index (χ2n) is 6.76. The molecule has 144 valence electrons. The molecule has 0 bridgehead atoms. The van der Waals surface area contributed by atoms with E-state index in [4.69, 9.17) is 0 Å². The molecule has 2 aromatic carbocycles. The number of guanidine groups is 1. The number of likely N-dealkylation sites (tertiary alicyclic amines) is 1. The molecule has 27 heavy (non-hydrogen) atoms. The summed E-state index contributed by atoms with van der Waals surface area (Å²) in [5.74, 6) is -0.281. The van der Waals surface area contributed by atoms with E-state index in [2.05, 4.69) is 44.8 Å². The molecule has 0 aromatic heterocycles. The van der Waals surface area contributed by atoms with Gasteiger partial charge >= 0.3 is 0 Å². The lowest BCUT2D eigenvalue weighted by molar-refractivity contribution is 0.245. The van der Waals surface area contributed by atoms with Gasteiger partial charge in [0.05, 0.1) is 6.04 Å². The van der Waals surface area contributed by atoms with Crippen LogP contribution >= 0.6 is 0 Å². The summed E-state index contributed by atoms with van der Waals surface area (Å²) >= 11 is 0. The molecule has 0 amide bonds. The van der Waals surface area contributed by atoms with Gasteiger partial charge in [-0.25, -0.2) is 4.39 Å². The predicted octanol–water partition coefficient (Wildman–Crippen LogP) is 3.03. The maximum atomic E-state index is 13.5. The SMILES string of the molecule is CN=C(NCc1ccc(O)c(F)c1)NCC(c1ccccc1)N1CCCC1. The van der Waals surface area contributed by atoms with Gasteiger partial charge in [0.1, 0.15) is 0 Å². The topological polar surface area (TPSA) is 59.9 Å². The van der Waals surface area contributed by atoms with Crippen LogP contribution in [0.3, 0.4) is 0 Å². The first kappa shape index (κ1) is 19.2. The van der Waals surface area contributed by atoms with Crippen LogP contribution in [0.2, 0.25) is 0 Å². The standard InChI is InChI=1S/C21H27FN4O/c1-23-21(24-14-16-9-10-20(27)18(22)13-16)25-15-19(26-11-5-6-12-26)17-7-3-2-4-8-17/h2-4,7-10,13,19,27H,5-6,11-12,14-15H2,1H3,(H2,23,24,25). The quantitative estimate of drug-likeness (QED) is 0.540. The van der Waals surface area contributed by atoms with Crippen molar-refractivity contribution in [2.75, 3.05) is 26.7 Å². The van der Waals surface area contributed by atoms with Crippen LogP contribution in [0.15, 0.2) is 53.5 Å². The Bertz CT molecular complexity index is 760. The second-order valence-corrected chi connectivity index (χ2v) is 6.76. The number of halogens is 1. The molecule has 1 aliphatic rings. The summed E-state index contributed by atoms with van der Waals surface area (Å²) in [5.41, 5.74) is 2.04. The lowest BCUT2D eigenvalue weighted by Crippen LogP contribution is -2.42. The first-order chi connectivity index (χ1) is 13.2. The summed E-state index contributed by atoms with van der Waals surface area (Å²) in [6.45, 7) is 3.39. The van der Waals surface area contributed by atoms with Crippen molar-refractivity contribution in [3.8, 4) is 5.75 Å². The Labute approximate surface area is 159 Å². The molecule has 2 aromatic rings. The number of aliphatic imine (C=N–C) groups is 1. The summed E-state index contributed by atoms with van der Waals surface area (Å²) in [6, 6.07) is 15.2. The van der Waals surface area contributed by atoms with Crippen LogP contribution in [0.25, 0.3) is 0 Å². The third kappa shape index (κ3) is 5.20. The first-order valence-electron chi connectivity index (χ1n) is 9.38. The average Bonchev–Trinajstić information content (AvgIpc) is 3.22. The van der Waals surface area contributed by atoms with Gasteiger partial charge in [0, 0.05) is 20.1 Å². The van der Waals surface area contributed by atoms with Crippen LogP contribution in [0.5, 0.6) is 5.75 Å². The minimum absolute atomic E-state index is 0.290. The van der Waals surface area contributed by atoms with E-state index in [0.29, 0.717) is 18.5 Å². The Balaban J connectivity index is 1.60. The van der Waals surface area contributed by atoms with Crippen molar-refractivity contribution in [2.24, 2.45) is 4.99 Å². The molecule has 3 N–H and O–H groups in total. The summed E-state index contributed by atoms with van der Waals surface area (Å²) in [7, 11) is 1.72. The van der Waals surface area contributed by atoms with E-state index in [1.54, 1.807) is 13.1 Å². The van der Waals surface area contributed by atoms with Crippen LogP contribution in [0.4, 0.5) is 4.39 Å². The molecule has 1 atom stereocenters. The van der Waals surface area contributed by atoms with Crippen molar-refractivity contribution >= 4 is 5.96 Å². The molecule has 1 aliphatic heterocycles. The monoisotopic (exact) mass is 370 g/mol. The highest BCUT2D eigenvalue weighted by Crippen LogP contribution is 2.24. The minimum atomic E-state index is -0.615. The molecule has 5 nitrogen and oxygen atoms in total. The van der Waals surface area contributed by atoms with Crippen molar-refractivity contribution in [3.05, 3.63) is 65.5 Å². The molecular weight excluding hydrogens is 343 g/mol. The highest BCUT2D eigenvalue weighted by atomic mass is 19.1. The Hall–Kier alpha value is -2.60. The van der Waals surface area contributed by atoms with Gasteiger partial charge in [0.15, 0.2) is 17.5 Å². The lowest BCUT2D eigenvalue weighted by atomic mass is 10.1. The lowest BCUT2D eigenvalue weighted by Gasteiger charge is -2.29. The number of aromatic hydroxyl groups is 1. The second kappa shape index (κ2) is 9.37. The van der Waals surface area contributed by atoms with E-state index in [-0.39, 0.29) is 5.75 Å². The number of rotatable bonds is 6. The Kier molecular flexibility index (Phi) is 6.65. The number of benzene rings is 2. The van der Waals surface area contributed by atoms with Crippen LogP contribution in [-0.4, -0.2) is 42.6 Å². The normalized spacial score (nSPS) is 16.3. The highest BCUT2D eigenvalue weighted by molar-refractivity contribution is 5.79. The van der Waals surface area contributed by atoms with E-state index in [1.807, 2.05) is 6.07 Å². The fraction of sp³-hybridized carbons (Fsp3) is 0.381. The molecule has 6 heteroatoms. The number of nitrogens with one attached hydrogen (secondary N) is 2. The summed E-state index contributed by atoms with van der Waals surface area (Å²) in [5, 5.41) is 15.9. The van der Waals surface area contributed by atoms with Crippen LogP contribution in [-0.2, 0) is 6.54 Å². The fourth-order valence-electron chi connectivity index (χ4n) is 3.45. The van der Waals surface area contributed by atoms with Crippen molar-refractivity contribution in [3.63, 3.8) is 0 Å². The fourth-order valence-corrected chi connectivity index (χ4v) is 3.45. The van der Waals surface area contributed by atoms with Crippen molar-refractivity contribution < 1.29 is 9.50 Å². The van der Waals surface area contributed by atoms with Gasteiger partial charge < -0.3 is 15.7 Å². The minimum Gasteiger partial charge on any atom is -0.505 e. The van der Waals surface area contributed by atoms with Gasteiger partial charge in [-0.3, -0.25) is 9.89 Å². The zero-order valence-corrected chi connectivity index (χ0v) is 15.7. The Morgan fingerprint density at radius 3 is 2.56 bits per heavy atom. The summed E-state index contributed by atoms with van der Waals surface area (Å²) in [6.07, 6.45) is 2.48. The average molecular weight is 370 g/mol. The van der Waals surface area contributed by atoms with Crippen LogP contribution in [0.1, 0.15) is 30.0 Å². The van der Waals surface area contributed by atoms with E-state index in [1.165, 1.54) is 30.5 Å². The zero-order valence-electron chi connectivity index (χ0n) is 15.7. The van der Waals surface area contributed by atoms with Gasteiger partial charge in [0.2, 0.25) is 0 Å². The van der Waals surface area contributed by atoms with E-state index in [9.17, 15) is 9.50 Å². The molecule has 0 radical (unpaired) electrons. The predicted molar refractivity (Wildman–Crippen MR) is 106 cm³/mol. The molecule has 0 saturated carbocycles. The Morgan fingerprint density at radius 1 is 1.15 bits per heavy atom. The van der Waals surface area contributed by atoms with Crippen molar-refractivity contribution in [1.82, 2.24) is 15.5 Å². The van der Waals surface area contributed by atoms with Gasteiger partial charge in [-0.15, -0.1) is 0 Å². The van der Waals surface area contributed by atoms with E-state index >= 15 is 0 Å². The number of hydrogen-bond acceptors (Lipinski definition) is 3. The molecule has 0 aliphatic carbocycles. The molecule has 0 spiro atoms. The maximum absolute atomic E-state index is 13.5. The largest absolute Gasteiger partial charge is 0.505 e. The van der Waals surface area contributed by atoms with Crippen molar-refractivity contribution in [1.29, 1.82) is 0 Å². The third-order valence-electron chi connectivity index (χ3n) is 4.92. The molecule has 3 rings (SSSR count). The van der Waals surface area contributed by atoms with Crippen LogP contribution < -0.4 is 10.6 Å². The van der Waals surface area contributed by atoms with Gasteiger partial charge in [-0.05, 0) is 49.2 Å². The summed E-state index contributed by atoms with van der Waals surface area (Å²) < 4.78 is 13.5. The smallest absolute Gasteiger partial charge is 0.191 e. The molecule has 1 saturated heterocycles. The number of phenols is 1. The zero-order chi connectivity index (χ0) is 19.1. The van der Waals surface area contributed by atoms with Crippen molar-refractivity contribution in [2.45, 2.75) is 25.4 Å². The van der Waals surface area contributed by atoms with Gasteiger partial charge in [-0.1, -0.05) is 36.4 Å². The number of nitrogens with zero attached hydrogens (tertiary/aromatic N) is 2. The summed E-state index contributed by atoms with van der Waals surface area (Å²) in [4.78, 5) is 6.77. The Morgan fingerprint density at radius 2 is 1.89 bits per heavy atom. The van der Waals surface area contributed by atoms with Gasteiger partial charge in [-0.2, -0.15) is 0 Å². The molecule has 1 unspecified atom stereocenters. The highest BCUT2D eigenvalue weighted by Gasteiger charge is 2.23. The van der Waals surface area contributed by atoms with E-state index < -0.39 is 5.82 Å². The third-order valence-corrected chi connectivity index (χ3v) is 4.92. The maximum Gasteiger partial charge on any atom is 0.191 e. The van der Waals surface area contributed by atoms with Gasteiger partial charge in [0.25, 0.3) is 0 Å². The molecular formula is C21H27FN4O. The number of phenolic OH excluding ortho intramolecular Hbond substituents is 1. The number of hydrogen-bond donors (Lipinski definition) is 3. The van der Waals surface area contributed by atoms with Crippen LogP contribution in [0, 0.1) is 5.82 Å². The van der Waals surface area contributed by atoms with E-state index in [0.717, 1.165) is 25.2 Å². The molecule has 1 heterocycles. The first-order valence-corrected chi connectivity index (χ1v) is 9.38. The molecule has 1 fully saturated rings.